The van der Waals surface area contributed by atoms with Gasteiger partial charge in [0.25, 0.3) is 0 Å². The predicted molar refractivity (Wildman–Crippen MR) is 104 cm³/mol. The molecule has 5 aliphatic carbocycles. The van der Waals surface area contributed by atoms with Crippen molar-refractivity contribution in [2.45, 2.75) is 78.3 Å². The third-order valence-electron chi connectivity index (χ3n) is 6.09. The van der Waals surface area contributed by atoms with Gasteiger partial charge in [-0.1, -0.05) is 33.4 Å². The molecule has 4 saturated carbocycles. The molecule has 151 valence electrons. The van der Waals surface area contributed by atoms with Gasteiger partial charge in [-0.05, 0) is 56.3 Å². The zero-order valence-corrected chi connectivity index (χ0v) is 21.4. The Labute approximate surface area is 196 Å². The molecule has 5 aliphatic rings. The van der Waals surface area contributed by atoms with E-state index in [0.29, 0.717) is 0 Å². The van der Waals surface area contributed by atoms with Gasteiger partial charge in [-0.2, -0.15) is 11.1 Å². The van der Waals surface area contributed by atoms with Crippen LogP contribution in [0.5, 0.6) is 0 Å². The first-order chi connectivity index (χ1) is 11.4. The average Bonchev–Trinajstić information content (AvgIpc) is 2.92. The summed E-state index contributed by atoms with van der Waals surface area (Å²) in [6.07, 6.45) is 14.7. The van der Waals surface area contributed by atoms with Gasteiger partial charge in [-0.3, -0.25) is 6.08 Å². The van der Waals surface area contributed by atoms with Crippen molar-refractivity contribution in [2.75, 3.05) is 0 Å². The molecule has 1 radical (unpaired) electrons. The fourth-order valence-electron chi connectivity index (χ4n) is 5.36. The van der Waals surface area contributed by atoms with Gasteiger partial charge in [0.1, 0.15) is 0 Å². The van der Waals surface area contributed by atoms with E-state index >= 15 is 0 Å². The van der Waals surface area contributed by atoms with Gasteiger partial charge < -0.3 is 35.3 Å². The fourth-order valence-corrected chi connectivity index (χ4v) is 5.36. The van der Waals surface area contributed by atoms with Crippen LogP contribution in [0.25, 0.3) is 5.73 Å². The molecule has 0 saturated heterocycles. The molecule has 4 fully saturated rings. The van der Waals surface area contributed by atoms with Crippen molar-refractivity contribution in [1.82, 2.24) is 0 Å². The summed E-state index contributed by atoms with van der Waals surface area (Å²) in [6, 6.07) is 0. The second kappa shape index (κ2) is 13.6. The molecular formula is C21H34Cl2NOSiTi. The molecule has 1 N–H and O–H groups in total. The second-order valence-electron chi connectivity index (χ2n) is 8.29. The predicted octanol–water partition coefficient (Wildman–Crippen LogP) is -0.218. The van der Waals surface area contributed by atoms with E-state index in [1.165, 1.54) is 36.8 Å². The molecule has 0 aromatic carbocycles. The van der Waals surface area contributed by atoms with Crippen molar-refractivity contribution in [1.29, 1.82) is 0 Å². The molecule has 0 atom stereocenters. The Morgan fingerprint density at radius 1 is 1.15 bits per heavy atom. The van der Waals surface area contributed by atoms with Crippen molar-refractivity contribution in [3.8, 4) is 0 Å². The normalized spacial score (nSPS) is 31.3. The van der Waals surface area contributed by atoms with Crippen LogP contribution in [0.4, 0.5) is 0 Å². The Kier molecular flexibility index (Phi) is 15.0. The first-order valence-corrected chi connectivity index (χ1v) is 12.0. The van der Waals surface area contributed by atoms with E-state index in [1.807, 2.05) is 0 Å². The molecule has 0 unspecified atom stereocenters. The minimum absolute atomic E-state index is 0. The Morgan fingerprint density at radius 3 is 1.78 bits per heavy atom. The van der Waals surface area contributed by atoms with Gasteiger partial charge >= 0.3 is 21.7 Å². The largest absolute Gasteiger partial charge is 4.00 e. The Bertz CT molecular complexity index is 487. The van der Waals surface area contributed by atoms with Gasteiger partial charge in [0, 0.05) is 14.9 Å². The maximum atomic E-state index is 11.4. The molecule has 0 aromatic rings. The molecule has 2 nitrogen and oxygen atoms in total. The molecule has 6 heteroatoms. The van der Waals surface area contributed by atoms with Crippen molar-refractivity contribution in [3.05, 3.63) is 29.0 Å². The summed E-state index contributed by atoms with van der Waals surface area (Å²) in [5.74, 6) is 2.12. The maximum absolute atomic E-state index is 11.4. The summed E-state index contributed by atoms with van der Waals surface area (Å²) < 4.78 is 0. The van der Waals surface area contributed by atoms with E-state index in [-0.39, 0.29) is 57.9 Å². The Hall–Kier alpha value is 0.461. The summed E-state index contributed by atoms with van der Waals surface area (Å²) in [6.45, 7) is 8.78. The molecule has 0 aromatic heterocycles. The number of carbonyl (C=O) groups excluding carboxylic acids is 1. The summed E-state index contributed by atoms with van der Waals surface area (Å²) in [4.78, 5) is 11.4. The molecule has 4 bridgehead atoms. The summed E-state index contributed by atoms with van der Waals surface area (Å²) in [5.41, 5.74) is 10.2. The van der Waals surface area contributed by atoms with Gasteiger partial charge in [0.15, 0.2) is 0 Å². The zero-order chi connectivity index (χ0) is 17.7. The number of allylic oxidation sites excluding steroid dienone is 4. The monoisotopic (exact) mass is 462 g/mol. The van der Waals surface area contributed by atoms with Crippen LogP contribution in [0.1, 0.15) is 65.2 Å². The van der Waals surface area contributed by atoms with Gasteiger partial charge in [-0.25, -0.2) is 6.08 Å². The molecule has 5 rings (SSSR count). The van der Waals surface area contributed by atoms with E-state index in [4.69, 9.17) is 5.73 Å². The molecule has 27 heavy (non-hydrogen) atoms. The van der Waals surface area contributed by atoms with Crippen LogP contribution in [-0.4, -0.2) is 15.4 Å². The quantitative estimate of drug-likeness (QED) is 0.413. The number of halogens is 2. The van der Waals surface area contributed by atoms with E-state index < -0.39 is 0 Å². The first-order valence-electron chi connectivity index (χ1n) is 9.69. The molecular weight excluding hydrogens is 429 g/mol. The van der Waals surface area contributed by atoms with Crippen LogP contribution in [0.3, 0.4) is 0 Å². The zero-order valence-electron chi connectivity index (χ0n) is 17.2. The number of hydrogen-bond donors (Lipinski definition) is 0. The van der Waals surface area contributed by atoms with Crippen LogP contribution in [0.2, 0.25) is 13.1 Å². The topological polar surface area (TPSA) is 40.9 Å². The van der Waals surface area contributed by atoms with Gasteiger partial charge in [0.05, 0.1) is 5.91 Å². The molecule has 0 heterocycles. The van der Waals surface area contributed by atoms with Crippen molar-refractivity contribution in [2.24, 2.45) is 23.2 Å². The SMILES string of the molecule is CCC1=C(C)C[C-]=C1.C[SiH]C.[Cl-].[Cl-].[NH-]C(=O)C12CC3CC(CC(C3)C1)C2.[Ti+4]. The Balaban J connectivity index is 0. The number of carbonyl (C=O) groups is 1. The number of nitrogens with one attached hydrogen (secondary N) is 1. The smallest absolute Gasteiger partial charge is 1.00 e. The third kappa shape index (κ3) is 7.66. The molecule has 0 spiro atoms. The summed E-state index contributed by atoms with van der Waals surface area (Å²) >= 11 is 0. The number of amides is 1. The van der Waals surface area contributed by atoms with E-state index in [2.05, 4.69) is 39.1 Å². The second-order valence-corrected chi connectivity index (χ2v) is 9.44. The summed E-state index contributed by atoms with van der Waals surface area (Å²) in [5, 5.41) is 0. The van der Waals surface area contributed by atoms with Crippen LogP contribution < -0.4 is 24.8 Å². The van der Waals surface area contributed by atoms with E-state index in [1.54, 1.807) is 0 Å². The number of rotatable bonds is 2. The Morgan fingerprint density at radius 2 is 1.56 bits per heavy atom. The maximum Gasteiger partial charge on any atom is 4.00 e. The van der Waals surface area contributed by atoms with Crippen LogP contribution in [-0.2, 0) is 26.5 Å². The average molecular weight is 463 g/mol. The van der Waals surface area contributed by atoms with Crippen LogP contribution >= 0.6 is 0 Å². The van der Waals surface area contributed by atoms with Crippen molar-refractivity contribution >= 4 is 15.4 Å². The molecule has 1 amide bonds. The third-order valence-corrected chi connectivity index (χ3v) is 6.09. The van der Waals surface area contributed by atoms with Gasteiger partial charge in [-0.15, -0.1) is 6.42 Å². The standard InChI is InChI=1S/C11H17NO.C8H11.C2H7Si.2ClH.Ti/c12-10(13)11-4-7-1-8(5-11)3-9(2-7)6-11;1-3-8-6-4-5-7(8)2;1-3-2;;;/h7-9H,1-6H2,(H2,12,13);6H,3,5H2,1-2H3;3H,1-2H3;2*1H;/q;-1;;;;+4/p-3. The minimum Gasteiger partial charge on any atom is -1.00 e. The minimum atomic E-state index is -0.258. The van der Waals surface area contributed by atoms with Gasteiger partial charge in [0.2, 0.25) is 0 Å². The van der Waals surface area contributed by atoms with Crippen LogP contribution in [0, 0.1) is 29.2 Å². The van der Waals surface area contributed by atoms with E-state index in [0.717, 1.165) is 53.0 Å². The fraction of sp³-hybridized carbons (Fsp3) is 0.762. The molecule has 0 aliphatic heterocycles. The van der Waals surface area contributed by atoms with Crippen molar-refractivity contribution in [3.63, 3.8) is 0 Å². The van der Waals surface area contributed by atoms with Crippen LogP contribution in [0.15, 0.2) is 17.2 Å². The first kappa shape index (κ1) is 29.7. The number of hydrogen-bond acceptors (Lipinski definition) is 1. The summed E-state index contributed by atoms with van der Waals surface area (Å²) in [7, 11) is 0.750. The van der Waals surface area contributed by atoms with Crippen molar-refractivity contribution < 1.29 is 51.3 Å². The van der Waals surface area contributed by atoms with E-state index in [9.17, 15) is 4.79 Å².